The van der Waals surface area contributed by atoms with Gasteiger partial charge >= 0.3 is 5.97 Å². The average molecular weight is 310 g/mol. The van der Waals surface area contributed by atoms with Gasteiger partial charge in [0.1, 0.15) is 5.70 Å². The van der Waals surface area contributed by atoms with Crippen molar-refractivity contribution < 1.29 is 14.3 Å². The number of benzene rings is 2. The Morgan fingerprint density at radius 2 is 1.61 bits per heavy atom. The van der Waals surface area contributed by atoms with E-state index in [0.717, 1.165) is 5.56 Å². The SMILES string of the molecule is COC(=O)/C(=C/NCc1ccccc1)NC(=O)c1ccccc1. The molecule has 0 radical (unpaired) electrons. The van der Waals surface area contributed by atoms with E-state index in [2.05, 4.69) is 15.4 Å². The van der Waals surface area contributed by atoms with Gasteiger partial charge in [0, 0.05) is 18.3 Å². The highest BCUT2D eigenvalue weighted by atomic mass is 16.5. The van der Waals surface area contributed by atoms with Gasteiger partial charge in [0.25, 0.3) is 5.91 Å². The van der Waals surface area contributed by atoms with Gasteiger partial charge in [-0.25, -0.2) is 4.79 Å². The van der Waals surface area contributed by atoms with Crippen LogP contribution in [0.2, 0.25) is 0 Å². The molecule has 2 rings (SSSR count). The van der Waals surface area contributed by atoms with Crippen LogP contribution in [-0.4, -0.2) is 19.0 Å². The molecule has 0 saturated heterocycles. The van der Waals surface area contributed by atoms with Gasteiger partial charge in [-0.2, -0.15) is 0 Å². The van der Waals surface area contributed by atoms with E-state index < -0.39 is 5.97 Å². The van der Waals surface area contributed by atoms with E-state index in [0.29, 0.717) is 12.1 Å². The van der Waals surface area contributed by atoms with Gasteiger partial charge in [0.05, 0.1) is 7.11 Å². The lowest BCUT2D eigenvalue weighted by Crippen LogP contribution is -2.29. The summed E-state index contributed by atoms with van der Waals surface area (Å²) < 4.78 is 4.69. The summed E-state index contributed by atoms with van der Waals surface area (Å²) in [5.41, 5.74) is 1.57. The van der Waals surface area contributed by atoms with Crippen molar-refractivity contribution in [1.29, 1.82) is 0 Å². The fourth-order valence-corrected chi connectivity index (χ4v) is 1.91. The van der Waals surface area contributed by atoms with Crippen molar-refractivity contribution in [2.45, 2.75) is 6.54 Å². The Morgan fingerprint density at radius 1 is 1.00 bits per heavy atom. The summed E-state index contributed by atoms with van der Waals surface area (Å²) in [6.45, 7) is 0.530. The molecular formula is C18H18N2O3. The van der Waals surface area contributed by atoms with Gasteiger partial charge in [-0.3, -0.25) is 4.79 Å². The zero-order chi connectivity index (χ0) is 16.5. The molecule has 2 aromatic carbocycles. The molecular weight excluding hydrogens is 292 g/mol. The van der Waals surface area contributed by atoms with Crippen molar-refractivity contribution in [1.82, 2.24) is 10.6 Å². The van der Waals surface area contributed by atoms with Crippen LogP contribution in [0.25, 0.3) is 0 Å². The Labute approximate surface area is 135 Å². The molecule has 0 aromatic heterocycles. The van der Waals surface area contributed by atoms with Gasteiger partial charge in [-0.15, -0.1) is 0 Å². The predicted octanol–water partition coefficient (Wildman–Crippen LogP) is 2.22. The van der Waals surface area contributed by atoms with Crippen molar-refractivity contribution >= 4 is 11.9 Å². The fraction of sp³-hybridized carbons (Fsp3) is 0.111. The highest BCUT2D eigenvalue weighted by molar-refractivity contribution is 6.00. The van der Waals surface area contributed by atoms with Gasteiger partial charge in [0.15, 0.2) is 0 Å². The smallest absolute Gasteiger partial charge is 0.356 e. The van der Waals surface area contributed by atoms with Gasteiger partial charge < -0.3 is 15.4 Å². The molecule has 0 fully saturated rings. The van der Waals surface area contributed by atoms with Crippen LogP contribution < -0.4 is 10.6 Å². The molecule has 118 valence electrons. The van der Waals surface area contributed by atoms with Crippen molar-refractivity contribution in [3.63, 3.8) is 0 Å². The summed E-state index contributed by atoms with van der Waals surface area (Å²) in [5, 5.41) is 5.55. The van der Waals surface area contributed by atoms with Crippen LogP contribution in [0, 0.1) is 0 Å². The standard InChI is InChI=1S/C18H18N2O3/c1-23-18(22)16(13-19-12-14-8-4-2-5-9-14)20-17(21)15-10-6-3-7-11-15/h2-11,13,19H,12H2,1H3,(H,20,21)/b16-13-. The number of rotatable bonds is 6. The maximum atomic E-state index is 12.1. The molecule has 0 saturated carbocycles. The number of ether oxygens (including phenoxy) is 1. The Kier molecular flexibility index (Phi) is 5.94. The second-order valence-electron chi connectivity index (χ2n) is 4.74. The number of hydrogen-bond acceptors (Lipinski definition) is 4. The first-order valence-corrected chi connectivity index (χ1v) is 7.13. The summed E-state index contributed by atoms with van der Waals surface area (Å²) in [6.07, 6.45) is 1.44. The van der Waals surface area contributed by atoms with Crippen LogP contribution in [0.4, 0.5) is 0 Å². The zero-order valence-corrected chi connectivity index (χ0v) is 12.8. The molecule has 2 N–H and O–H groups in total. The van der Waals surface area contributed by atoms with Crippen molar-refractivity contribution in [3.8, 4) is 0 Å². The Hall–Kier alpha value is -3.08. The third-order valence-electron chi connectivity index (χ3n) is 3.08. The maximum Gasteiger partial charge on any atom is 0.356 e. The van der Waals surface area contributed by atoms with Crippen LogP contribution >= 0.6 is 0 Å². The molecule has 5 heteroatoms. The minimum Gasteiger partial charge on any atom is -0.464 e. The number of carbonyl (C=O) groups excluding carboxylic acids is 2. The van der Waals surface area contributed by atoms with E-state index in [4.69, 9.17) is 0 Å². The fourth-order valence-electron chi connectivity index (χ4n) is 1.91. The Bertz CT molecular complexity index is 682. The topological polar surface area (TPSA) is 67.4 Å². The molecule has 2 aromatic rings. The molecule has 0 aliphatic carbocycles. The lowest BCUT2D eigenvalue weighted by atomic mass is 10.2. The second kappa shape index (κ2) is 8.38. The normalized spacial score (nSPS) is 10.7. The number of hydrogen-bond donors (Lipinski definition) is 2. The van der Waals surface area contributed by atoms with Crippen LogP contribution in [0.15, 0.2) is 72.6 Å². The average Bonchev–Trinajstić information content (AvgIpc) is 2.61. The summed E-state index contributed by atoms with van der Waals surface area (Å²) in [7, 11) is 1.27. The van der Waals surface area contributed by atoms with E-state index in [1.165, 1.54) is 13.3 Å². The van der Waals surface area contributed by atoms with E-state index in [9.17, 15) is 9.59 Å². The molecule has 1 amide bonds. The van der Waals surface area contributed by atoms with Gasteiger partial charge in [-0.1, -0.05) is 48.5 Å². The van der Waals surface area contributed by atoms with Crippen molar-refractivity contribution in [3.05, 3.63) is 83.7 Å². The highest BCUT2D eigenvalue weighted by Gasteiger charge is 2.14. The summed E-state index contributed by atoms with van der Waals surface area (Å²) in [4.78, 5) is 23.9. The summed E-state index contributed by atoms with van der Waals surface area (Å²) >= 11 is 0. The van der Waals surface area contributed by atoms with Gasteiger partial charge in [-0.05, 0) is 17.7 Å². The molecule has 0 aliphatic heterocycles. The van der Waals surface area contributed by atoms with Crippen LogP contribution in [-0.2, 0) is 16.1 Å². The third kappa shape index (κ3) is 5.00. The largest absolute Gasteiger partial charge is 0.464 e. The molecule has 5 nitrogen and oxygen atoms in total. The molecule has 0 spiro atoms. The molecule has 0 aliphatic rings. The quantitative estimate of drug-likeness (QED) is 0.634. The zero-order valence-electron chi connectivity index (χ0n) is 12.8. The van der Waals surface area contributed by atoms with Crippen LogP contribution in [0.5, 0.6) is 0 Å². The summed E-state index contributed by atoms with van der Waals surface area (Å²) in [6, 6.07) is 18.4. The van der Waals surface area contributed by atoms with Crippen LogP contribution in [0.3, 0.4) is 0 Å². The first-order valence-electron chi connectivity index (χ1n) is 7.13. The molecule has 0 bridgehead atoms. The van der Waals surface area contributed by atoms with E-state index in [1.54, 1.807) is 24.3 Å². The number of methoxy groups -OCH3 is 1. The van der Waals surface area contributed by atoms with Crippen molar-refractivity contribution in [2.75, 3.05) is 7.11 Å². The number of amides is 1. The highest BCUT2D eigenvalue weighted by Crippen LogP contribution is 2.02. The molecule has 0 unspecified atom stereocenters. The number of carbonyl (C=O) groups is 2. The molecule has 23 heavy (non-hydrogen) atoms. The first-order chi connectivity index (χ1) is 11.2. The second-order valence-corrected chi connectivity index (χ2v) is 4.74. The Morgan fingerprint density at radius 3 is 2.22 bits per heavy atom. The van der Waals surface area contributed by atoms with Gasteiger partial charge in [0.2, 0.25) is 0 Å². The third-order valence-corrected chi connectivity index (χ3v) is 3.08. The number of esters is 1. The number of nitrogens with one attached hydrogen (secondary N) is 2. The van der Waals surface area contributed by atoms with Crippen molar-refractivity contribution in [2.24, 2.45) is 0 Å². The van der Waals surface area contributed by atoms with E-state index in [1.807, 2.05) is 36.4 Å². The minimum atomic E-state index is -0.616. The minimum absolute atomic E-state index is 0.0530. The maximum absolute atomic E-state index is 12.1. The lowest BCUT2D eigenvalue weighted by molar-refractivity contribution is -0.136. The van der Waals surface area contributed by atoms with E-state index >= 15 is 0 Å². The monoisotopic (exact) mass is 310 g/mol. The lowest BCUT2D eigenvalue weighted by Gasteiger charge is -2.09. The first kappa shape index (κ1) is 16.3. The van der Waals surface area contributed by atoms with Crippen LogP contribution in [0.1, 0.15) is 15.9 Å². The predicted molar refractivity (Wildman–Crippen MR) is 87.3 cm³/mol. The summed E-state index contributed by atoms with van der Waals surface area (Å²) in [5.74, 6) is -0.987. The van der Waals surface area contributed by atoms with E-state index in [-0.39, 0.29) is 11.6 Å². The molecule has 0 atom stereocenters. The Balaban J connectivity index is 2.03. The molecule has 0 heterocycles.